The Morgan fingerprint density at radius 3 is 2.05 bits per heavy atom. The molecule has 2 bridgehead atoms. The zero-order chi connectivity index (χ0) is 46.5. The molecule has 0 aromatic rings. The fourth-order valence-electron chi connectivity index (χ4n) is 11.5. The lowest BCUT2D eigenvalue weighted by Gasteiger charge is -2.68. The number of rotatable bonds is 8. The van der Waals surface area contributed by atoms with Gasteiger partial charge in [-0.25, -0.2) is 14.4 Å². The lowest BCUT2D eigenvalue weighted by atomic mass is 9.44. The number of aliphatic hydroxyl groups is 4. The molecule has 0 radical (unpaired) electrons. The third kappa shape index (κ3) is 7.19. The molecule has 2 heterocycles. The molecule has 62 heavy (non-hydrogen) atoms. The maximum absolute atomic E-state index is 15.6. The van der Waals surface area contributed by atoms with Gasteiger partial charge in [0.15, 0.2) is 35.4 Å². The van der Waals surface area contributed by atoms with E-state index >= 15 is 4.79 Å². The standard InChI is InChI=1S/C44H65NO17/c1-21-26-28(58-22(2)46)31(49)42(11)24(47)18-25-43(20-57-25,62-37(54)56-12)29(42)32(59-33(50)23-16-14-13-15-17-23)44(55,39(26,6)7)19-41(21,10)60-34(51)27(48)30(38(3,4)5)45-35(52)40(8,9)61-36(45)53/h23-25,27-30,32,35,47-48,52,55H,13-20H2,1-12H3/t24?,25-,27-,28-,29?,30-,32+,35?,41+,42-,43+,44-/m1/s1. The molecule has 0 aromatic heterocycles. The van der Waals surface area contributed by atoms with Gasteiger partial charge in [-0.05, 0) is 64.0 Å². The predicted octanol–water partition coefficient (Wildman–Crippen LogP) is 3.40. The first-order valence-electron chi connectivity index (χ1n) is 21.5. The van der Waals surface area contributed by atoms with Crippen molar-refractivity contribution in [3.63, 3.8) is 0 Å². The van der Waals surface area contributed by atoms with E-state index in [1.54, 1.807) is 34.6 Å². The molecule has 6 rings (SSSR count). The lowest BCUT2D eigenvalue weighted by molar-refractivity contribution is -0.347. The lowest BCUT2D eigenvalue weighted by Crippen LogP contribution is -2.82. The number of hydrogen-bond donors (Lipinski definition) is 4. The van der Waals surface area contributed by atoms with E-state index in [0.29, 0.717) is 12.8 Å². The highest BCUT2D eigenvalue weighted by molar-refractivity contribution is 5.95. The zero-order valence-corrected chi connectivity index (χ0v) is 37.9. The molecular formula is C44H65NO17. The number of amides is 1. The van der Waals surface area contributed by atoms with Crippen molar-refractivity contribution in [1.29, 1.82) is 0 Å². The molecule has 18 nitrogen and oxygen atoms in total. The van der Waals surface area contributed by atoms with Crippen LogP contribution >= 0.6 is 0 Å². The van der Waals surface area contributed by atoms with Crippen LogP contribution in [0.15, 0.2) is 11.1 Å². The number of esters is 3. The van der Waals surface area contributed by atoms with Crippen LogP contribution in [0.4, 0.5) is 9.59 Å². The van der Waals surface area contributed by atoms with Crippen molar-refractivity contribution in [2.45, 2.75) is 186 Å². The molecule has 0 spiro atoms. The molecule has 1 amide bonds. The van der Waals surface area contributed by atoms with Crippen LogP contribution in [0.2, 0.25) is 0 Å². The Bertz CT molecular complexity index is 1900. The van der Waals surface area contributed by atoms with E-state index in [0.717, 1.165) is 38.2 Å². The molecule has 4 N–H and O–H groups in total. The molecule has 12 atom stereocenters. The summed E-state index contributed by atoms with van der Waals surface area (Å²) >= 11 is 0. The molecule has 3 unspecified atom stereocenters. The first-order chi connectivity index (χ1) is 28.5. The Morgan fingerprint density at radius 2 is 1.55 bits per heavy atom. The third-order valence-corrected chi connectivity index (χ3v) is 15.1. The van der Waals surface area contributed by atoms with Gasteiger partial charge in [0.1, 0.15) is 23.4 Å². The monoisotopic (exact) mass is 879 g/mol. The quantitative estimate of drug-likeness (QED) is 0.155. The number of aliphatic hydroxyl groups excluding tert-OH is 3. The van der Waals surface area contributed by atoms with Crippen LogP contribution in [-0.4, -0.2) is 140 Å². The summed E-state index contributed by atoms with van der Waals surface area (Å²) in [7, 11) is 1.08. The first kappa shape index (κ1) is 47.6. The van der Waals surface area contributed by atoms with Crippen LogP contribution in [0.25, 0.3) is 0 Å². The van der Waals surface area contributed by atoms with Crippen molar-refractivity contribution in [2.24, 2.45) is 28.1 Å². The number of methoxy groups -OCH3 is 1. The summed E-state index contributed by atoms with van der Waals surface area (Å²) in [6.45, 7) is 16.0. The number of hydrogen-bond acceptors (Lipinski definition) is 17. The summed E-state index contributed by atoms with van der Waals surface area (Å²) in [4.78, 5) is 85.0. The minimum Gasteiger partial charge on any atom is -0.459 e. The van der Waals surface area contributed by atoms with E-state index < -0.39 is 136 Å². The van der Waals surface area contributed by atoms with E-state index in [2.05, 4.69) is 0 Å². The molecule has 4 aliphatic carbocycles. The highest BCUT2D eigenvalue weighted by Crippen LogP contribution is 2.65. The second-order valence-corrected chi connectivity index (χ2v) is 20.8. The molecule has 18 heteroatoms. The number of nitrogens with zero attached hydrogens (tertiary/aromatic N) is 1. The Hall–Kier alpha value is -3.84. The second kappa shape index (κ2) is 15.7. The highest BCUT2D eigenvalue weighted by atomic mass is 16.8. The summed E-state index contributed by atoms with van der Waals surface area (Å²) in [6.07, 6.45) is -9.76. The van der Waals surface area contributed by atoms with Crippen molar-refractivity contribution < 1.29 is 82.4 Å². The molecule has 3 saturated carbocycles. The maximum Gasteiger partial charge on any atom is 0.508 e. The van der Waals surface area contributed by atoms with Crippen LogP contribution in [0.1, 0.15) is 121 Å². The molecule has 5 fully saturated rings. The number of carbonyl (C=O) groups is 6. The number of carbonyl (C=O) groups excluding carboxylic acids is 6. The fourth-order valence-corrected chi connectivity index (χ4v) is 11.5. The summed E-state index contributed by atoms with van der Waals surface area (Å²) in [5.41, 5.74) is -12.5. The van der Waals surface area contributed by atoms with E-state index in [1.807, 2.05) is 0 Å². The molecular weight excluding hydrogens is 814 g/mol. The van der Waals surface area contributed by atoms with E-state index in [4.69, 9.17) is 33.2 Å². The average Bonchev–Trinajstić information content (AvgIpc) is 3.36. The Balaban J connectivity index is 1.58. The molecule has 348 valence electrons. The molecule has 6 aliphatic rings. The van der Waals surface area contributed by atoms with Gasteiger partial charge in [0.25, 0.3) is 0 Å². The summed E-state index contributed by atoms with van der Waals surface area (Å²) in [6, 6.07) is -1.43. The van der Waals surface area contributed by atoms with Crippen molar-refractivity contribution in [2.75, 3.05) is 13.7 Å². The average molecular weight is 880 g/mol. The van der Waals surface area contributed by atoms with Gasteiger partial charge in [-0.3, -0.25) is 19.3 Å². The molecule has 2 saturated heterocycles. The smallest absolute Gasteiger partial charge is 0.459 e. The summed E-state index contributed by atoms with van der Waals surface area (Å²) < 4.78 is 41.0. The number of ketones is 1. The van der Waals surface area contributed by atoms with Gasteiger partial charge in [-0.15, -0.1) is 0 Å². The Morgan fingerprint density at radius 1 is 0.935 bits per heavy atom. The Labute approximate surface area is 361 Å². The van der Waals surface area contributed by atoms with Crippen molar-refractivity contribution in [3.05, 3.63) is 11.1 Å². The van der Waals surface area contributed by atoms with E-state index in [9.17, 15) is 44.4 Å². The van der Waals surface area contributed by atoms with Crippen molar-refractivity contribution in [3.8, 4) is 0 Å². The number of ether oxygens (including phenoxy) is 7. The van der Waals surface area contributed by atoms with E-state index in [1.165, 1.54) is 34.6 Å². The van der Waals surface area contributed by atoms with Crippen molar-refractivity contribution >= 4 is 35.9 Å². The van der Waals surface area contributed by atoms with Crippen LogP contribution < -0.4 is 0 Å². The highest BCUT2D eigenvalue weighted by Gasteiger charge is 2.79. The number of fused-ring (bicyclic) bond motifs is 5. The molecule has 0 aromatic carbocycles. The predicted molar refractivity (Wildman–Crippen MR) is 213 cm³/mol. The van der Waals surface area contributed by atoms with Gasteiger partial charge in [0, 0.05) is 25.2 Å². The fraction of sp³-hybridized carbons (Fsp3) is 0.818. The molecule has 2 aliphatic heterocycles. The topological polar surface area (TPSA) is 251 Å². The summed E-state index contributed by atoms with van der Waals surface area (Å²) in [5, 5.41) is 49.2. The van der Waals surface area contributed by atoms with Gasteiger partial charge < -0.3 is 53.6 Å². The van der Waals surface area contributed by atoms with Crippen LogP contribution in [0.3, 0.4) is 0 Å². The second-order valence-electron chi connectivity index (χ2n) is 20.8. The van der Waals surface area contributed by atoms with Crippen molar-refractivity contribution in [1.82, 2.24) is 4.90 Å². The maximum atomic E-state index is 15.6. The van der Waals surface area contributed by atoms with E-state index in [-0.39, 0.29) is 24.2 Å². The first-order valence-corrected chi connectivity index (χ1v) is 21.5. The van der Waals surface area contributed by atoms with Gasteiger partial charge in [-0.1, -0.05) is 53.9 Å². The van der Waals surface area contributed by atoms with Gasteiger partial charge in [0.05, 0.1) is 43.1 Å². The summed E-state index contributed by atoms with van der Waals surface area (Å²) in [5.74, 6) is -5.99. The minimum absolute atomic E-state index is 0.0237. The SMILES string of the molecule is COC(=O)O[C@@]12CO[C@@H]1CC(O)[C@@]1(C)C(=O)[C@H](OC(C)=O)C3=C(C)[C@@](C)(OC(=O)[C@H](O)[C@@H](N4C(=O)OC(C)(C)C4O)C(C)(C)C)C[C@@](O)([C@@H](OC(=O)C4CCCCC4)C12)C3(C)C. The number of cyclic esters (lactones) is 1. The van der Waals surface area contributed by atoms with Crippen LogP contribution in [-0.2, 0) is 52.3 Å². The minimum atomic E-state index is -2.43. The zero-order valence-electron chi connectivity index (χ0n) is 37.9. The van der Waals surface area contributed by atoms with Gasteiger partial charge in [-0.2, -0.15) is 0 Å². The normalized spacial score (nSPS) is 38.7. The largest absolute Gasteiger partial charge is 0.508 e. The number of Topliss-reactive ketones (excluding diaryl/α,β-unsaturated/α-hetero) is 1. The van der Waals surface area contributed by atoms with Crippen LogP contribution in [0, 0.1) is 28.1 Å². The Kier molecular flexibility index (Phi) is 12.1. The van der Waals surface area contributed by atoms with Gasteiger partial charge in [0.2, 0.25) is 0 Å². The third-order valence-electron chi connectivity index (χ3n) is 15.1. The van der Waals surface area contributed by atoms with Gasteiger partial charge >= 0.3 is 30.2 Å². The van der Waals surface area contributed by atoms with Crippen LogP contribution in [0.5, 0.6) is 0 Å².